The van der Waals surface area contributed by atoms with Crippen LogP contribution in [-0.4, -0.2) is 47.2 Å². The number of nitrogens with zero attached hydrogens (tertiary/aromatic N) is 2. The van der Waals surface area contributed by atoms with Crippen LogP contribution in [0.1, 0.15) is 39.3 Å². The number of likely N-dealkylation sites (tertiary alicyclic amines) is 1. The van der Waals surface area contributed by atoms with Gasteiger partial charge in [0.05, 0.1) is 6.20 Å². The quantitative estimate of drug-likeness (QED) is 0.721. The third kappa shape index (κ3) is 4.26. The van der Waals surface area contributed by atoms with E-state index >= 15 is 0 Å². The Hall–Kier alpha value is -2.74. The molecule has 3 N–H and O–H groups in total. The maximum absolute atomic E-state index is 12.2. The lowest BCUT2D eigenvalue weighted by molar-refractivity contribution is -0.127. The van der Waals surface area contributed by atoms with Gasteiger partial charge in [-0.05, 0) is 25.0 Å². The number of carbonyl (C=O) groups is 3. The number of amides is 3. The van der Waals surface area contributed by atoms with Crippen molar-refractivity contribution >= 4 is 29.1 Å². The number of primary amides is 1. The molecule has 0 unspecified atom stereocenters. The van der Waals surface area contributed by atoms with Crippen LogP contribution in [-0.2, 0) is 4.79 Å². The van der Waals surface area contributed by atoms with Crippen molar-refractivity contribution < 1.29 is 14.4 Å². The van der Waals surface area contributed by atoms with E-state index in [0.29, 0.717) is 35.0 Å². The van der Waals surface area contributed by atoms with Crippen molar-refractivity contribution in [2.45, 2.75) is 19.3 Å². The largest absolute Gasteiger partial charge is 0.366 e. The predicted molar refractivity (Wildman–Crippen MR) is 98.8 cm³/mol. The van der Waals surface area contributed by atoms with Crippen LogP contribution in [0, 0.1) is 0 Å². The number of rotatable bonds is 7. The molecule has 1 aliphatic heterocycles. The molecule has 2 aromatic rings. The molecule has 0 bridgehead atoms. The van der Waals surface area contributed by atoms with Crippen LogP contribution in [0.25, 0.3) is 10.6 Å². The Balaban J connectivity index is 1.51. The number of aromatic nitrogens is 1. The minimum Gasteiger partial charge on any atom is -0.366 e. The Morgan fingerprint density at radius 1 is 1.27 bits per heavy atom. The van der Waals surface area contributed by atoms with Crippen LogP contribution in [0.3, 0.4) is 0 Å². The minimum atomic E-state index is -0.480. The van der Waals surface area contributed by atoms with Gasteiger partial charge in [-0.3, -0.25) is 14.4 Å². The van der Waals surface area contributed by atoms with E-state index in [4.69, 9.17) is 5.73 Å². The topological polar surface area (TPSA) is 105 Å². The molecule has 2 heterocycles. The van der Waals surface area contributed by atoms with E-state index < -0.39 is 5.91 Å². The highest BCUT2D eigenvalue weighted by molar-refractivity contribution is 7.16. The van der Waals surface area contributed by atoms with Gasteiger partial charge < -0.3 is 16.0 Å². The van der Waals surface area contributed by atoms with E-state index in [0.717, 1.165) is 24.9 Å². The number of hydrogen-bond acceptors (Lipinski definition) is 5. The highest BCUT2D eigenvalue weighted by Crippen LogP contribution is 2.25. The van der Waals surface area contributed by atoms with Gasteiger partial charge in [0.25, 0.3) is 5.91 Å². The molecule has 1 saturated heterocycles. The van der Waals surface area contributed by atoms with Crippen molar-refractivity contribution in [1.82, 2.24) is 15.2 Å². The summed E-state index contributed by atoms with van der Waals surface area (Å²) >= 11 is 1.29. The van der Waals surface area contributed by atoms with E-state index in [9.17, 15) is 14.4 Å². The second kappa shape index (κ2) is 8.09. The molecule has 1 aliphatic rings. The summed E-state index contributed by atoms with van der Waals surface area (Å²) in [6.07, 6.45) is 3.84. The van der Waals surface area contributed by atoms with Crippen molar-refractivity contribution in [3.8, 4) is 10.6 Å². The highest BCUT2D eigenvalue weighted by Gasteiger charge is 2.19. The molecule has 0 aliphatic carbocycles. The molecule has 1 aromatic carbocycles. The molecule has 26 heavy (non-hydrogen) atoms. The zero-order valence-electron chi connectivity index (χ0n) is 14.2. The first-order valence-electron chi connectivity index (χ1n) is 8.46. The summed E-state index contributed by atoms with van der Waals surface area (Å²) in [5, 5.41) is 3.56. The van der Waals surface area contributed by atoms with Crippen molar-refractivity contribution in [1.29, 1.82) is 0 Å². The average Bonchev–Trinajstić information content (AvgIpc) is 3.28. The van der Waals surface area contributed by atoms with E-state index in [2.05, 4.69) is 10.3 Å². The van der Waals surface area contributed by atoms with Crippen LogP contribution in [0.2, 0.25) is 0 Å². The summed E-state index contributed by atoms with van der Waals surface area (Å²) in [6.45, 7) is 2.02. The van der Waals surface area contributed by atoms with Crippen molar-refractivity contribution in [2.75, 3.05) is 19.6 Å². The second-order valence-electron chi connectivity index (χ2n) is 6.07. The zero-order chi connectivity index (χ0) is 18.5. The van der Waals surface area contributed by atoms with E-state index in [1.807, 2.05) is 4.90 Å². The Morgan fingerprint density at radius 3 is 2.69 bits per heavy atom. The number of thiazole rings is 1. The highest BCUT2D eigenvalue weighted by atomic mass is 32.1. The average molecular weight is 372 g/mol. The number of nitrogens with two attached hydrogens (primary N) is 1. The molecular formula is C18H20N4O3S. The lowest BCUT2D eigenvalue weighted by atomic mass is 10.1. The number of carbonyl (C=O) groups excluding carboxylic acids is 3. The van der Waals surface area contributed by atoms with Gasteiger partial charge in [-0.25, -0.2) is 4.98 Å². The molecule has 0 radical (unpaired) electrons. The maximum Gasteiger partial charge on any atom is 0.263 e. The van der Waals surface area contributed by atoms with Gasteiger partial charge >= 0.3 is 0 Å². The Bertz CT molecular complexity index is 816. The normalized spacial score (nSPS) is 13.8. The van der Waals surface area contributed by atoms with E-state index in [1.165, 1.54) is 11.3 Å². The van der Waals surface area contributed by atoms with Crippen LogP contribution in [0.15, 0.2) is 30.5 Å². The molecule has 3 amide bonds. The second-order valence-corrected chi connectivity index (χ2v) is 7.10. The van der Waals surface area contributed by atoms with Gasteiger partial charge in [-0.15, -0.1) is 11.3 Å². The lowest BCUT2D eigenvalue weighted by Crippen LogP contribution is -2.30. The maximum atomic E-state index is 12.2. The lowest BCUT2D eigenvalue weighted by Gasteiger charge is -2.15. The fourth-order valence-corrected chi connectivity index (χ4v) is 3.63. The third-order valence-electron chi connectivity index (χ3n) is 4.21. The number of hydrogen-bond donors (Lipinski definition) is 2. The van der Waals surface area contributed by atoms with Gasteiger partial charge in [0.2, 0.25) is 11.8 Å². The number of nitrogens with one attached hydrogen (secondary N) is 1. The first-order valence-corrected chi connectivity index (χ1v) is 9.28. The van der Waals surface area contributed by atoms with Gasteiger partial charge in [0, 0.05) is 37.2 Å². The fraction of sp³-hybridized carbons (Fsp3) is 0.333. The summed E-state index contributed by atoms with van der Waals surface area (Å²) in [7, 11) is 0. The number of benzene rings is 1. The first-order chi connectivity index (χ1) is 12.5. The first kappa shape index (κ1) is 18.1. The van der Waals surface area contributed by atoms with Gasteiger partial charge in [0.15, 0.2) is 0 Å². The van der Waals surface area contributed by atoms with Crippen LogP contribution >= 0.6 is 11.3 Å². The van der Waals surface area contributed by atoms with Crippen molar-refractivity contribution in [3.63, 3.8) is 0 Å². The van der Waals surface area contributed by atoms with Gasteiger partial charge in [-0.2, -0.15) is 0 Å². The molecule has 1 aromatic heterocycles. The predicted octanol–water partition coefficient (Wildman–Crippen LogP) is 1.65. The molecule has 0 atom stereocenters. The van der Waals surface area contributed by atoms with Crippen LogP contribution in [0.5, 0.6) is 0 Å². The Kier molecular flexibility index (Phi) is 5.62. The molecule has 8 heteroatoms. The summed E-state index contributed by atoms with van der Waals surface area (Å²) in [4.78, 5) is 41.5. The Morgan fingerprint density at radius 2 is 2.04 bits per heavy atom. The molecule has 3 rings (SSSR count). The fourth-order valence-electron chi connectivity index (χ4n) is 2.79. The van der Waals surface area contributed by atoms with Gasteiger partial charge in [-0.1, -0.05) is 12.1 Å². The molecular weight excluding hydrogens is 352 g/mol. The monoisotopic (exact) mass is 372 g/mol. The molecule has 0 spiro atoms. The smallest absolute Gasteiger partial charge is 0.263 e. The summed E-state index contributed by atoms with van der Waals surface area (Å²) in [5.41, 5.74) is 6.48. The summed E-state index contributed by atoms with van der Waals surface area (Å²) in [5.74, 6) is -0.451. The van der Waals surface area contributed by atoms with Crippen LogP contribution in [0.4, 0.5) is 0 Å². The molecule has 0 saturated carbocycles. The zero-order valence-corrected chi connectivity index (χ0v) is 15.1. The van der Waals surface area contributed by atoms with Crippen molar-refractivity contribution in [2.24, 2.45) is 5.73 Å². The summed E-state index contributed by atoms with van der Waals surface area (Å²) < 4.78 is 0. The SMILES string of the molecule is NC(=O)c1ccc(-c2ncc(C(=O)NCCCN3CCCC3=O)s2)cc1. The van der Waals surface area contributed by atoms with Crippen molar-refractivity contribution in [3.05, 3.63) is 40.9 Å². The standard InChI is InChI=1S/C18H20N4O3S/c19-16(24)12-4-6-13(7-5-12)18-21-11-14(26-18)17(25)20-8-2-10-22-9-1-3-15(22)23/h4-7,11H,1-3,8-10H2,(H2,19,24)(H,20,25). The molecule has 1 fully saturated rings. The van der Waals surface area contributed by atoms with Crippen LogP contribution < -0.4 is 11.1 Å². The van der Waals surface area contributed by atoms with E-state index in [1.54, 1.807) is 30.5 Å². The molecule has 7 nitrogen and oxygen atoms in total. The van der Waals surface area contributed by atoms with Gasteiger partial charge in [0.1, 0.15) is 9.88 Å². The third-order valence-corrected chi connectivity index (χ3v) is 5.25. The Labute approximate surface area is 155 Å². The minimum absolute atomic E-state index is 0.171. The molecule has 136 valence electrons. The van der Waals surface area contributed by atoms with E-state index in [-0.39, 0.29) is 11.8 Å². The summed E-state index contributed by atoms with van der Waals surface area (Å²) in [6, 6.07) is 6.79.